The van der Waals surface area contributed by atoms with Gasteiger partial charge in [0.2, 0.25) is 5.91 Å². The minimum Gasteiger partial charge on any atom is -0.497 e. The number of amides is 3. The van der Waals surface area contributed by atoms with Gasteiger partial charge in [-0.05, 0) is 49.4 Å². The summed E-state index contributed by atoms with van der Waals surface area (Å²) in [4.78, 5) is 26.7. The van der Waals surface area contributed by atoms with Crippen LogP contribution in [0.25, 0.3) is 0 Å². The summed E-state index contributed by atoms with van der Waals surface area (Å²) >= 11 is 0. The van der Waals surface area contributed by atoms with Crippen molar-refractivity contribution in [2.75, 3.05) is 25.5 Å². The molecule has 0 radical (unpaired) electrons. The molecule has 0 bridgehead atoms. The number of rotatable bonds is 4. The Bertz CT molecular complexity index is 601. The molecule has 0 aromatic heterocycles. The highest BCUT2D eigenvalue weighted by molar-refractivity contribution is 5.94. The molecule has 3 amide bonds. The Morgan fingerprint density at radius 3 is 2.83 bits per heavy atom. The average Bonchev–Trinajstić information content (AvgIpc) is 2.71. The molecule has 1 aromatic carbocycles. The molecule has 0 spiro atoms. The van der Waals surface area contributed by atoms with Gasteiger partial charge in [-0.1, -0.05) is 13.8 Å². The van der Waals surface area contributed by atoms with E-state index in [-0.39, 0.29) is 11.9 Å². The summed E-state index contributed by atoms with van der Waals surface area (Å²) in [6.07, 6.45) is 1.41. The average molecular weight is 333 g/mol. The summed E-state index contributed by atoms with van der Waals surface area (Å²) in [7, 11) is 1.61. The number of benzene rings is 1. The minimum absolute atomic E-state index is 0.0668. The Morgan fingerprint density at radius 1 is 1.46 bits per heavy atom. The van der Waals surface area contributed by atoms with E-state index in [9.17, 15) is 9.59 Å². The maximum atomic E-state index is 12.8. The smallest absolute Gasteiger partial charge is 0.322 e. The van der Waals surface area contributed by atoms with Gasteiger partial charge in [-0.3, -0.25) is 4.79 Å². The van der Waals surface area contributed by atoms with E-state index in [2.05, 4.69) is 24.5 Å². The van der Waals surface area contributed by atoms with Gasteiger partial charge in [-0.15, -0.1) is 0 Å². The third-order valence-electron chi connectivity index (χ3n) is 4.18. The van der Waals surface area contributed by atoms with Crippen molar-refractivity contribution in [1.82, 2.24) is 10.2 Å². The SMILES string of the molecule is COc1ccc(NC(=O)N2CCCNC(=O)C2CC(C)C)c(C)c1. The van der Waals surface area contributed by atoms with Gasteiger partial charge in [-0.25, -0.2) is 4.79 Å². The lowest BCUT2D eigenvalue weighted by Crippen LogP contribution is -2.49. The van der Waals surface area contributed by atoms with Crippen LogP contribution in [0.15, 0.2) is 18.2 Å². The molecule has 1 unspecified atom stereocenters. The van der Waals surface area contributed by atoms with E-state index in [1.54, 1.807) is 12.0 Å². The third-order valence-corrected chi connectivity index (χ3v) is 4.18. The van der Waals surface area contributed by atoms with Crippen LogP contribution in [-0.4, -0.2) is 43.1 Å². The molecule has 132 valence electrons. The molecule has 0 saturated carbocycles. The molecule has 24 heavy (non-hydrogen) atoms. The van der Waals surface area contributed by atoms with Crippen molar-refractivity contribution in [3.63, 3.8) is 0 Å². The lowest BCUT2D eigenvalue weighted by Gasteiger charge is -2.30. The summed E-state index contributed by atoms with van der Waals surface area (Å²) in [5.41, 5.74) is 1.65. The predicted molar refractivity (Wildman–Crippen MR) is 94.3 cm³/mol. The first-order valence-electron chi connectivity index (χ1n) is 8.42. The quantitative estimate of drug-likeness (QED) is 0.890. The number of hydrogen-bond donors (Lipinski definition) is 2. The molecule has 1 aliphatic rings. The lowest BCUT2D eigenvalue weighted by molar-refractivity contribution is -0.125. The number of aryl methyl sites for hydroxylation is 1. The van der Waals surface area contributed by atoms with E-state index in [1.165, 1.54) is 0 Å². The molecule has 1 saturated heterocycles. The third kappa shape index (κ3) is 4.40. The predicted octanol–water partition coefficient (Wildman–Crippen LogP) is 2.77. The fourth-order valence-corrected chi connectivity index (χ4v) is 2.89. The Labute approximate surface area is 143 Å². The van der Waals surface area contributed by atoms with Gasteiger partial charge in [0.15, 0.2) is 0 Å². The Kier molecular flexibility index (Phi) is 6.06. The molecule has 2 N–H and O–H groups in total. The van der Waals surface area contributed by atoms with Crippen LogP contribution in [0.1, 0.15) is 32.3 Å². The number of hydrogen-bond acceptors (Lipinski definition) is 3. The highest BCUT2D eigenvalue weighted by atomic mass is 16.5. The minimum atomic E-state index is -0.425. The molecule has 0 aliphatic carbocycles. The van der Waals surface area contributed by atoms with Crippen molar-refractivity contribution >= 4 is 17.6 Å². The van der Waals surface area contributed by atoms with Crippen LogP contribution in [0.5, 0.6) is 5.75 Å². The summed E-state index contributed by atoms with van der Waals surface area (Å²) in [6.45, 7) is 7.21. The molecule has 1 atom stereocenters. The van der Waals surface area contributed by atoms with Gasteiger partial charge < -0.3 is 20.3 Å². The van der Waals surface area contributed by atoms with Crippen LogP contribution in [0.2, 0.25) is 0 Å². The van der Waals surface area contributed by atoms with E-state index < -0.39 is 6.04 Å². The zero-order valence-electron chi connectivity index (χ0n) is 14.9. The van der Waals surface area contributed by atoms with Gasteiger partial charge in [0.25, 0.3) is 0 Å². The molecule has 1 fully saturated rings. The van der Waals surface area contributed by atoms with E-state index in [0.29, 0.717) is 25.4 Å². The van der Waals surface area contributed by atoms with E-state index in [4.69, 9.17) is 4.74 Å². The zero-order valence-corrected chi connectivity index (χ0v) is 14.9. The van der Waals surface area contributed by atoms with Crippen molar-refractivity contribution in [3.05, 3.63) is 23.8 Å². The molecule has 2 rings (SSSR count). The summed E-state index contributed by atoms with van der Waals surface area (Å²) in [6, 6.07) is 4.85. The number of anilines is 1. The Hall–Kier alpha value is -2.24. The lowest BCUT2D eigenvalue weighted by atomic mass is 10.0. The van der Waals surface area contributed by atoms with Crippen molar-refractivity contribution in [2.45, 2.75) is 39.7 Å². The molecule has 6 nitrogen and oxygen atoms in total. The largest absolute Gasteiger partial charge is 0.497 e. The number of ether oxygens (including phenoxy) is 1. The zero-order chi connectivity index (χ0) is 17.7. The molecule has 1 heterocycles. The monoisotopic (exact) mass is 333 g/mol. The van der Waals surface area contributed by atoms with Gasteiger partial charge >= 0.3 is 6.03 Å². The van der Waals surface area contributed by atoms with Crippen LogP contribution in [0.4, 0.5) is 10.5 Å². The second-order valence-corrected chi connectivity index (χ2v) is 6.59. The van der Waals surface area contributed by atoms with Crippen LogP contribution in [0.3, 0.4) is 0 Å². The summed E-state index contributed by atoms with van der Waals surface area (Å²) in [5.74, 6) is 1.01. The van der Waals surface area contributed by atoms with Crippen molar-refractivity contribution < 1.29 is 14.3 Å². The number of carbonyl (C=O) groups is 2. The number of nitrogens with zero attached hydrogens (tertiary/aromatic N) is 1. The second-order valence-electron chi connectivity index (χ2n) is 6.59. The Morgan fingerprint density at radius 2 is 2.21 bits per heavy atom. The number of methoxy groups -OCH3 is 1. The fraction of sp³-hybridized carbons (Fsp3) is 0.556. The number of urea groups is 1. The van der Waals surface area contributed by atoms with Crippen LogP contribution in [0, 0.1) is 12.8 Å². The molecule has 1 aromatic rings. The van der Waals surface area contributed by atoms with E-state index in [0.717, 1.165) is 23.4 Å². The number of nitrogens with one attached hydrogen (secondary N) is 2. The first-order valence-corrected chi connectivity index (χ1v) is 8.42. The molecular formula is C18H27N3O3. The number of carbonyl (C=O) groups excluding carboxylic acids is 2. The van der Waals surface area contributed by atoms with Crippen molar-refractivity contribution in [3.8, 4) is 5.75 Å². The van der Waals surface area contributed by atoms with Crippen LogP contribution in [-0.2, 0) is 4.79 Å². The normalized spacial score (nSPS) is 18.1. The van der Waals surface area contributed by atoms with E-state index in [1.807, 2.05) is 25.1 Å². The second kappa shape index (κ2) is 8.04. The van der Waals surface area contributed by atoms with Crippen LogP contribution < -0.4 is 15.4 Å². The van der Waals surface area contributed by atoms with Crippen molar-refractivity contribution in [2.24, 2.45) is 5.92 Å². The molecule has 6 heteroatoms. The van der Waals surface area contributed by atoms with Gasteiger partial charge in [0.05, 0.1) is 7.11 Å². The fourth-order valence-electron chi connectivity index (χ4n) is 2.89. The summed E-state index contributed by atoms with van der Waals surface area (Å²) < 4.78 is 5.19. The topological polar surface area (TPSA) is 70.7 Å². The maximum absolute atomic E-state index is 12.8. The van der Waals surface area contributed by atoms with Gasteiger partial charge in [0, 0.05) is 18.8 Å². The summed E-state index contributed by atoms with van der Waals surface area (Å²) in [5, 5.41) is 5.83. The van der Waals surface area contributed by atoms with Crippen molar-refractivity contribution in [1.29, 1.82) is 0 Å². The van der Waals surface area contributed by atoms with Gasteiger partial charge in [0.1, 0.15) is 11.8 Å². The molecule has 1 aliphatic heterocycles. The maximum Gasteiger partial charge on any atom is 0.322 e. The van der Waals surface area contributed by atoms with Crippen LogP contribution >= 0.6 is 0 Å². The first kappa shape index (κ1) is 18.1. The van der Waals surface area contributed by atoms with Gasteiger partial charge in [-0.2, -0.15) is 0 Å². The molecular weight excluding hydrogens is 306 g/mol. The Balaban J connectivity index is 2.17. The standard InChI is InChI=1S/C18H27N3O3/c1-12(2)10-16-17(22)19-8-5-9-21(16)18(23)20-15-7-6-14(24-4)11-13(15)3/h6-7,11-12,16H,5,8-10H2,1-4H3,(H,19,22)(H,20,23). The highest BCUT2D eigenvalue weighted by Crippen LogP contribution is 2.22. The first-order chi connectivity index (χ1) is 11.4. The van der Waals surface area contributed by atoms with E-state index >= 15 is 0 Å². The highest BCUT2D eigenvalue weighted by Gasteiger charge is 2.32.